The van der Waals surface area contributed by atoms with Crippen LogP contribution in [0.3, 0.4) is 0 Å². The van der Waals surface area contributed by atoms with E-state index in [0.29, 0.717) is 5.13 Å². The third kappa shape index (κ3) is 2.41. The Morgan fingerprint density at radius 2 is 2.30 bits per heavy atom. The number of fused-ring (bicyclic) bond motifs is 1. The van der Waals surface area contributed by atoms with Crippen LogP contribution in [0.1, 0.15) is 23.1 Å². The van der Waals surface area contributed by atoms with Gasteiger partial charge in [-0.3, -0.25) is 4.79 Å². The third-order valence-corrected chi connectivity index (χ3v) is 4.47. The fourth-order valence-corrected chi connectivity index (χ4v) is 3.36. The smallest absolute Gasteiger partial charge is 0.248 e. The van der Waals surface area contributed by atoms with Crippen LogP contribution in [-0.2, 0) is 17.6 Å². The van der Waals surface area contributed by atoms with Crippen LogP contribution in [-0.4, -0.2) is 16.9 Å². The summed E-state index contributed by atoms with van der Waals surface area (Å²) >= 11 is 1.54. The van der Waals surface area contributed by atoms with E-state index >= 15 is 0 Å². The molecule has 5 heteroatoms. The highest BCUT2D eigenvalue weighted by Gasteiger charge is 2.26. The molecule has 0 radical (unpaired) electrons. The molecule has 104 valence electrons. The van der Waals surface area contributed by atoms with Crippen LogP contribution in [0.5, 0.6) is 0 Å². The van der Waals surface area contributed by atoms with Crippen molar-refractivity contribution in [2.45, 2.75) is 32.7 Å². The number of rotatable bonds is 3. The van der Waals surface area contributed by atoms with E-state index in [2.05, 4.69) is 28.6 Å². The van der Waals surface area contributed by atoms with Gasteiger partial charge in [0.15, 0.2) is 5.13 Å². The minimum atomic E-state index is -0.207. The Morgan fingerprint density at radius 1 is 1.50 bits per heavy atom. The van der Waals surface area contributed by atoms with Gasteiger partial charge >= 0.3 is 0 Å². The molecule has 2 N–H and O–H groups in total. The Bertz CT molecular complexity index is 625. The highest BCUT2D eigenvalue weighted by molar-refractivity contribution is 7.15. The van der Waals surface area contributed by atoms with Crippen molar-refractivity contribution in [1.29, 1.82) is 0 Å². The van der Waals surface area contributed by atoms with Crippen LogP contribution in [0.15, 0.2) is 24.3 Å². The average Bonchev–Trinajstić information content (AvgIpc) is 3.01. The lowest BCUT2D eigenvalue weighted by Crippen LogP contribution is -2.32. The Labute approximate surface area is 122 Å². The molecule has 0 fully saturated rings. The minimum absolute atomic E-state index is 0.0161. The van der Waals surface area contributed by atoms with Crippen molar-refractivity contribution >= 4 is 28.1 Å². The number of anilines is 2. The highest BCUT2D eigenvalue weighted by atomic mass is 32.1. The number of aryl methyl sites for hydroxylation is 2. The van der Waals surface area contributed by atoms with Gasteiger partial charge in [0, 0.05) is 17.0 Å². The Morgan fingerprint density at radius 3 is 3.00 bits per heavy atom. The van der Waals surface area contributed by atoms with Crippen molar-refractivity contribution in [2.75, 3.05) is 10.6 Å². The topological polar surface area (TPSA) is 54.0 Å². The maximum atomic E-state index is 12.3. The average molecular weight is 287 g/mol. The van der Waals surface area contributed by atoms with E-state index in [4.69, 9.17) is 0 Å². The van der Waals surface area contributed by atoms with Gasteiger partial charge in [-0.2, -0.15) is 0 Å². The van der Waals surface area contributed by atoms with Crippen LogP contribution in [0.25, 0.3) is 0 Å². The summed E-state index contributed by atoms with van der Waals surface area (Å²) in [5, 5.41) is 6.87. The predicted molar refractivity (Wildman–Crippen MR) is 82.4 cm³/mol. The fourth-order valence-electron chi connectivity index (χ4n) is 2.46. The molecule has 0 spiro atoms. The van der Waals surface area contributed by atoms with Crippen LogP contribution >= 0.6 is 11.3 Å². The van der Waals surface area contributed by atoms with Crippen molar-refractivity contribution < 1.29 is 4.79 Å². The molecule has 4 nitrogen and oxygen atoms in total. The largest absolute Gasteiger partial charge is 0.373 e. The van der Waals surface area contributed by atoms with Gasteiger partial charge in [0.05, 0.1) is 5.69 Å². The maximum Gasteiger partial charge on any atom is 0.248 e. The summed E-state index contributed by atoms with van der Waals surface area (Å²) in [5.41, 5.74) is 3.31. The molecule has 1 aliphatic heterocycles. The van der Waals surface area contributed by atoms with Gasteiger partial charge < -0.3 is 10.6 Å². The molecule has 0 saturated heterocycles. The number of amides is 1. The van der Waals surface area contributed by atoms with E-state index in [-0.39, 0.29) is 11.9 Å². The molecule has 1 aromatic heterocycles. The van der Waals surface area contributed by atoms with Crippen LogP contribution in [0.2, 0.25) is 0 Å². The van der Waals surface area contributed by atoms with E-state index in [9.17, 15) is 4.79 Å². The monoisotopic (exact) mass is 287 g/mol. The first-order valence-corrected chi connectivity index (χ1v) is 7.60. The Hall–Kier alpha value is -1.88. The van der Waals surface area contributed by atoms with E-state index in [0.717, 1.165) is 24.2 Å². The molecule has 2 aromatic rings. The molecule has 1 atom stereocenters. The first kappa shape index (κ1) is 13.1. The van der Waals surface area contributed by atoms with E-state index < -0.39 is 0 Å². The molecule has 1 unspecified atom stereocenters. The molecule has 1 amide bonds. The van der Waals surface area contributed by atoms with E-state index in [1.807, 2.05) is 25.1 Å². The van der Waals surface area contributed by atoms with E-state index in [1.165, 1.54) is 21.8 Å². The normalized spacial score (nSPS) is 16.6. The standard InChI is InChI=1S/C15H17N3OS/c1-3-11-9(2)20-15(17-11)18-14(19)13-8-10-6-4-5-7-12(10)16-13/h4-7,13,16H,3,8H2,1-2H3,(H,17,18,19). The van der Waals surface area contributed by atoms with Crippen molar-refractivity contribution in [1.82, 2.24) is 4.98 Å². The number of benzene rings is 1. The molecule has 1 aliphatic rings. The van der Waals surface area contributed by atoms with Gasteiger partial charge in [-0.1, -0.05) is 25.1 Å². The Balaban J connectivity index is 1.69. The van der Waals surface area contributed by atoms with Crippen molar-refractivity contribution in [3.05, 3.63) is 40.4 Å². The molecular weight excluding hydrogens is 270 g/mol. The van der Waals surface area contributed by atoms with Gasteiger partial charge in [-0.05, 0) is 25.0 Å². The lowest BCUT2D eigenvalue weighted by atomic mass is 10.1. The lowest BCUT2D eigenvalue weighted by molar-refractivity contribution is -0.116. The molecule has 0 bridgehead atoms. The van der Waals surface area contributed by atoms with Crippen molar-refractivity contribution in [2.24, 2.45) is 0 Å². The minimum Gasteiger partial charge on any atom is -0.373 e. The second-order valence-electron chi connectivity index (χ2n) is 4.92. The first-order valence-electron chi connectivity index (χ1n) is 6.79. The van der Waals surface area contributed by atoms with Gasteiger partial charge in [-0.15, -0.1) is 11.3 Å². The lowest BCUT2D eigenvalue weighted by Gasteiger charge is -2.09. The van der Waals surface area contributed by atoms with Gasteiger partial charge in [0.1, 0.15) is 6.04 Å². The van der Waals surface area contributed by atoms with Crippen LogP contribution in [0.4, 0.5) is 10.8 Å². The number of nitrogens with one attached hydrogen (secondary N) is 2. The van der Waals surface area contributed by atoms with Crippen LogP contribution < -0.4 is 10.6 Å². The zero-order chi connectivity index (χ0) is 14.1. The molecule has 0 saturated carbocycles. The molecular formula is C15H17N3OS. The highest BCUT2D eigenvalue weighted by Crippen LogP contribution is 2.27. The quantitative estimate of drug-likeness (QED) is 0.912. The summed E-state index contributed by atoms with van der Waals surface area (Å²) in [6, 6.07) is 7.83. The predicted octanol–water partition coefficient (Wildman–Crippen LogP) is 2.99. The molecule has 2 heterocycles. The van der Waals surface area contributed by atoms with Crippen molar-refractivity contribution in [3.63, 3.8) is 0 Å². The summed E-state index contributed by atoms with van der Waals surface area (Å²) in [7, 11) is 0. The summed E-state index contributed by atoms with van der Waals surface area (Å²) in [4.78, 5) is 17.9. The molecule has 0 aliphatic carbocycles. The second kappa shape index (κ2) is 5.25. The van der Waals surface area contributed by atoms with Gasteiger partial charge in [0.2, 0.25) is 5.91 Å². The number of nitrogens with zero attached hydrogens (tertiary/aromatic N) is 1. The number of para-hydroxylation sites is 1. The van der Waals surface area contributed by atoms with Gasteiger partial charge in [0.25, 0.3) is 0 Å². The number of hydrogen-bond acceptors (Lipinski definition) is 4. The summed E-state index contributed by atoms with van der Waals surface area (Å²) in [6.45, 7) is 4.11. The summed E-state index contributed by atoms with van der Waals surface area (Å²) < 4.78 is 0. The third-order valence-electron chi connectivity index (χ3n) is 3.55. The van der Waals surface area contributed by atoms with Gasteiger partial charge in [-0.25, -0.2) is 4.98 Å². The number of aromatic nitrogens is 1. The zero-order valence-electron chi connectivity index (χ0n) is 11.6. The first-order chi connectivity index (χ1) is 9.67. The molecule has 20 heavy (non-hydrogen) atoms. The number of hydrogen-bond donors (Lipinski definition) is 2. The second-order valence-corrected chi connectivity index (χ2v) is 6.13. The number of carbonyl (C=O) groups excluding carboxylic acids is 1. The molecule has 1 aromatic carbocycles. The number of thiazole rings is 1. The van der Waals surface area contributed by atoms with Crippen LogP contribution in [0, 0.1) is 6.92 Å². The SMILES string of the molecule is CCc1nc(NC(=O)C2Cc3ccccc3N2)sc1C. The van der Waals surface area contributed by atoms with Crippen molar-refractivity contribution in [3.8, 4) is 0 Å². The summed E-state index contributed by atoms with van der Waals surface area (Å²) in [5.74, 6) is -0.0161. The fraction of sp³-hybridized carbons (Fsp3) is 0.333. The summed E-state index contributed by atoms with van der Waals surface area (Å²) in [6.07, 6.45) is 1.62. The molecule has 3 rings (SSSR count). The van der Waals surface area contributed by atoms with E-state index in [1.54, 1.807) is 0 Å². The Kier molecular flexibility index (Phi) is 3.44. The zero-order valence-corrected chi connectivity index (χ0v) is 12.4. The number of carbonyl (C=O) groups is 1. The maximum absolute atomic E-state index is 12.3.